The van der Waals surface area contributed by atoms with Crippen molar-refractivity contribution in [3.8, 4) is 17.0 Å². The minimum absolute atomic E-state index is 0.0534. The third kappa shape index (κ3) is 4.14. The molecule has 0 aliphatic carbocycles. The molecule has 1 aliphatic heterocycles. The molecule has 1 aliphatic rings. The minimum atomic E-state index is -0.403. The molecule has 4 rings (SSSR count). The molecule has 2 aromatic heterocycles. The van der Waals surface area contributed by atoms with Crippen LogP contribution in [0.15, 0.2) is 35.3 Å². The first-order valence-electron chi connectivity index (χ1n) is 10.4. The van der Waals surface area contributed by atoms with Gasteiger partial charge in [-0.3, -0.25) is 0 Å². The Morgan fingerprint density at radius 3 is 2.74 bits per heavy atom. The molecule has 6 nitrogen and oxygen atoms in total. The number of hydrogen-bond acceptors (Lipinski definition) is 7. The number of carbonyl (C=O) groups excluding carboxylic acids is 1. The molecule has 0 fully saturated rings. The van der Waals surface area contributed by atoms with Gasteiger partial charge in [-0.25, -0.2) is 14.8 Å². The van der Waals surface area contributed by atoms with E-state index in [-0.39, 0.29) is 5.41 Å². The van der Waals surface area contributed by atoms with E-state index in [9.17, 15) is 4.79 Å². The number of esters is 1. The summed E-state index contributed by atoms with van der Waals surface area (Å²) in [6, 6.07) is 9.98. The molecule has 0 unspecified atom stereocenters. The van der Waals surface area contributed by atoms with Crippen molar-refractivity contribution in [2.45, 2.75) is 34.1 Å². The summed E-state index contributed by atoms with van der Waals surface area (Å²) < 4.78 is 16.9. The van der Waals surface area contributed by atoms with Crippen LogP contribution in [-0.4, -0.2) is 37.2 Å². The molecule has 0 N–H and O–H groups in total. The number of fused-ring (bicyclic) bond motifs is 3. The van der Waals surface area contributed by atoms with Gasteiger partial charge in [-0.2, -0.15) is 0 Å². The fraction of sp³-hybridized carbons (Fsp3) is 0.375. The summed E-state index contributed by atoms with van der Waals surface area (Å²) in [4.78, 5) is 23.3. The lowest BCUT2D eigenvalue weighted by molar-refractivity contribution is 0.0533. The first kappa shape index (κ1) is 21.3. The van der Waals surface area contributed by atoms with Gasteiger partial charge in [0.1, 0.15) is 26.8 Å². The van der Waals surface area contributed by atoms with Gasteiger partial charge in [0.2, 0.25) is 0 Å². The maximum absolute atomic E-state index is 12.7. The fourth-order valence-electron chi connectivity index (χ4n) is 3.71. The summed E-state index contributed by atoms with van der Waals surface area (Å²) in [7, 11) is 0. The van der Waals surface area contributed by atoms with Crippen LogP contribution >= 0.6 is 11.3 Å². The molecule has 3 aromatic rings. The maximum Gasteiger partial charge on any atom is 0.350 e. The highest BCUT2D eigenvalue weighted by molar-refractivity contribution is 7.21. The zero-order valence-electron chi connectivity index (χ0n) is 18.2. The van der Waals surface area contributed by atoms with Crippen LogP contribution in [0, 0.1) is 5.41 Å². The van der Waals surface area contributed by atoms with Crippen molar-refractivity contribution in [2.24, 2.45) is 10.4 Å². The molecule has 162 valence electrons. The summed E-state index contributed by atoms with van der Waals surface area (Å²) in [5, 5.41) is 0.839. The van der Waals surface area contributed by atoms with Crippen molar-refractivity contribution in [2.75, 3.05) is 19.8 Å². The molecule has 3 heterocycles. The number of thiophene rings is 1. The van der Waals surface area contributed by atoms with E-state index in [0.29, 0.717) is 30.4 Å². The normalized spacial score (nSPS) is 15.0. The molecule has 7 heteroatoms. The van der Waals surface area contributed by atoms with Crippen molar-refractivity contribution in [1.82, 2.24) is 4.98 Å². The molecule has 0 spiro atoms. The monoisotopic (exact) mass is 438 g/mol. The SMILES string of the molecule is CCOC=Nc1c(C(=O)OCC)sc2nc(-c3ccccc3)c3c(c12)CC(C)(C)CO3. The van der Waals surface area contributed by atoms with Gasteiger partial charge in [-0.15, -0.1) is 11.3 Å². The Labute approximate surface area is 185 Å². The van der Waals surface area contributed by atoms with Crippen LogP contribution in [0.2, 0.25) is 0 Å². The van der Waals surface area contributed by atoms with E-state index in [4.69, 9.17) is 19.2 Å². The van der Waals surface area contributed by atoms with Crippen molar-refractivity contribution in [1.29, 1.82) is 0 Å². The van der Waals surface area contributed by atoms with Crippen molar-refractivity contribution >= 4 is 39.6 Å². The highest BCUT2D eigenvalue weighted by atomic mass is 32.1. The van der Waals surface area contributed by atoms with E-state index in [1.807, 2.05) is 37.3 Å². The highest BCUT2D eigenvalue weighted by Gasteiger charge is 2.34. The van der Waals surface area contributed by atoms with Crippen molar-refractivity contribution in [3.05, 3.63) is 40.8 Å². The number of aromatic nitrogens is 1. The van der Waals surface area contributed by atoms with Crippen LogP contribution in [0.4, 0.5) is 5.69 Å². The lowest BCUT2D eigenvalue weighted by Gasteiger charge is -2.32. The predicted octanol–water partition coefficient (Wildman–Crippen LogP) is 5.80. The zero-order valence-corrected chi connectivity index (χ0v) is 19.0. The highest BCUT2D eigenvalue weighted by Crippen LogP contribution is 2.49. The summed E-state index contributed by atoms with van der Waals surface area (Å²) in [5.41, 5.74) is 3.27. The Balaban J connectivity index is 2.02. The van der Waals surface area contributed by atoms with Gasteiger partial charge >= 0.3 is 5.97 Å². The molecular formula is C24H26N2O4S. The minimum Gasteiger partial charge on any atom is -0.490 e. The number of ether oxygens (including phenoxy) is 3. The number of hydrogen-bond donors (Lipinski definition) is 0. The summed E-state index contributed by atoms with van der Waals surface area (Å²) in [6.07, 6.45) is 2.17. The maximum atomic E-state index is 12.7. The van der Waals surface area contributed by atoms with Gasteiger partial charge in [0.05, 0.1) is 19.8 Å². The third-order valence-electron chi connectivity index (χ3n) is 5.06. The van der Waals surface area contributed by atoms with Crippen LogP contribution in [0.5, 0.6) is 5.75 Å². The van der Waals surface area contributed by atoms with Crippen LogP contribution in [0.1, 0.15) is 42.9 Å². The zero-order chi connectivity index (χ0) is 22.0. The van der Waals surface area contributed by atoms with Crippen LogP contribution in [-0.2, 0) is 15.9 Å². The molecule has 0 atom stereocenters. The molecule has 0 saturated heterocycles. The molecule has 31 heavy (non-hydrogen) atoms. The Hall–Kier alpha value is -2.93. The van der Waals surface area contributed by atoms with Gasteiger partial charge in [-0.05, 0) is 20.3 Å². The lowest BCUT2D eigenvalue weighted by atomic mass is 9.83. The Morgan fingerprint density at radius 2 is 2.03 bits per heavy atom. The van der Waals surface area contributed by atoms with Crippen LogP contribution in [0.25, 0.3) is 21.5 Å². The Morgan fingerprint density at radius 1 is 1.26 bits per heavy atom. The number of aliphatic imine (C=N–C) groups is 1. The second kappa shape index (κ2) is 8.67. The summed E-state index contributed by atoms with van der Waals surface area (Å²) in [5.74, 6) is 0.360. The van der Waals surface area contributed by atoms with E-state index >= 15 is 0 Å². The summed E-state index contributed by atoms with van der Waals surface area (Å²) in [6.45, 7) is 9.40. The second-order valence-electron chi connectivity index (χ2n) is 8.13. The second-order valence-corrected chi connectivity index (χ2v) is 9.13. The third-order valence-corrected chi connectivity index (χ3v) is 6.12. The first-order valence-corrected chi connectivity index (χ1v) is 11.3. The van der Waals surface area contributed by atoms with E-state index < -0.39 is 5.97 Å². The van der Waals surface area contributed by atoms with E-state index in [0.717, 1.165) is 39.2 Å². The van der Waals surface area contributed by atoms with Gasteiger partial charge in [0.15, 0.2) is 6.40 Å². The number of pyridine rings is 1. The van der Waals surface area contributed by atoms with Crippen molar-refractivity contribution < 1.29 is 19.0 Å². The van der Waals surface area contributed by atoms with Crippen molar-refractivity contribution in [3.63, 3.8) is 0 Å². The first-order chi connectivity index (χ1) is 14.9. The molecule has 0 radical (unpaired) electrons. The number of rotatable bonds is 6. The van der Waals surface area contributed by atoms with Gasteiger partial charge in [0, 0.05) is 21.9 Å². The van der Waals surface area contributed by atoms with Gasteiger partial charge in [-0.1, -0.05) is 44.2 Å². The number of nitrogens with zero attached hydrogens (tertiary/aromatic N) is 2. The quantitative estimate of drug-likeness (QED) is 0.276. The topological polar surface area (TPSA) is 70.0 Å². The molecule has 1 aromatic carbocycles. The predicted molar refractivity (Wildman–Crippen MR) is 124 cm³/mol. The molecule has 0 bridgehead atoms. The fourth-order valence-corrected chi connectivity index (χ4v) is 4.75. The van der Waals surface area contributed by atoms with Crippen LogP contribution < -0.4 is 4.74 Å². The molecular weight excluding hydrogens is 412 g/mol. The van der Waals surface area contributed by atoms with E-state index in [2.05, 4.69) is 18.8 Å². The standard InChI is InChI=1S/C24H26N2O4S/c1-5-28-14-25-19-17-16-12-24(3,4)13-30-20(16)18(15-10-8-7-9-11-15)26-22(17)31-21(19)23(27)29-6-2/h7-11,14H,5-6,12-13H2,1-4H3. The average molecular weight is 439 g/mol. The Bertz CT molecular complexity index is 1140. The summed E-state index contributed by atoms with van der Waals surface area (Å²) >= 11 is 1.30. The van der Waals surface area contributed by atoms with E-state index in [1.165, 1.54) is 17.7 Å². The Kier molecular flexibility index (Phi) is 5.96. The van der Waals surface area contributed by atoms with Crippen LogP contribution in [0.3, 0.4) is 0 Å². The largest absolute Gasteiger partial charge is 0.490 e. The smallest absolute Gasteiger partial charge is 0.350 e. The number of carbonyl (C=O) groups is 1. The molecule has 0 saturated carbocycles. The number of benzene rings is 1. The molecule has 0 amide bonds. The van der Waals surface area contributed by atoms with Gasteiger partial charge < -0.3 is 14.2 Å². The van der Waals surface area contributed by atoms with E-state index in [1.54, 1.807) is 6.92 Å². The van der Waals surface area contributed by atoms with Gasteiger partial charge in [0.25, 0.3) is 0 Å². The lowest BCUT2D eigenvalue weighted by Crippen LogP contribution is -2.29. The average Bonchev–Trinajstić information content (AvgIpc) is 3.12.